The second kappa shape index (κ2) is 4.93. The van der Waals surface area contributed by atoms with E-state index in [-0.39, 0.29) is 11.9 Å². The van der Waals surface area contributed by atoms with Gasteiger partial charge in [0, 0.05) is 25.3 Å². The van der Waals surface area contributed by atoms with Crippen LogP contribution >= 0.6 is 0 Å². The van der Waals surface area contributed by atoms with Gasteiger partial charge in [0.1, 0.15) is 5.69 Å². The molecule has 2 heterocycles. The van der Waals surface area contributed by atoms with Gasteiger partial charge in [-0.3, -0.25) is 9.78 Å². The van der Waals surface area contributed by atoms with Gasteiger partial charge in [0.2, 0.25) is 0 Å². The second-order valence-electron chi connectivity index (χ2n) is 5.90. The molecule has 102 valence electrons. The van der Waals surface area contributed by atoms with Crippen molar-refractivity contribution in [3.8, 4) is 0 Å². The average molecular weight is 259 g/mol. The fourth-order valence-corrected chi connectivity index (χ4v) is 3.54. The average Bonchev–Trinajstić information content (AvgIpc) is 2.84. The van der Waals surface area contributed by atoms with E-state index in [9.17, 15) is 4.79 Å². The van der Waals surface area contributed by atoms with E-state index in [0.717, 1.165) is 25.1 Å². The van der Waals surface area contributed by atoms with E-state index in [2.05, 4.69) is 4.98 Å². The summed E-state index contributed by atoms with van der Waals surface area (Å²) in [6.07, 6.45) is 5.21. The predicted molar refractivity (Wildman–Crippen MR) is 73.7 cm³/mol. The van der Waals surface area contributed by atoms with E-state index in [1.54, 1.807) is 6.20 Å². The minimum Gasteiger partial charge on any atom is -0.337 e. The quantitative estimate of drug-likeness (QED) is 0.833. The van der Waals surface area contributed by atoms with Gasteiger partial charge in [-0.25, -0.2) is 0 Å². The number of carbonyl (C=O) groups is 1. The van der Waals surface area contributed by atoms with Crippen molar-refractivity contribution in [3.05, 3.63) is 29.6 Å². The molecule has 2 N–H and O–H groups in total. The summed E-state index contributed by atoms with van der Waals surface area (Å²) in [5.41, 5.74) is 7.74. The van der Waals surface area contributed by atoms with Crippen molar-refractivity contribution in [1.29, 1.82) is 0 Å². The van der Waals surface area contributed by atoms with Crippen molar-refractivity contribution in [2.24, 2.45) is 17.6 Å². The highest BCUT2D eigenvalue weighted by Gasteiger charge is 2.40. The Morgan fingerprint density at radius 2 is 2.26 bits per heavy atom. The van der Waals surface area contributed by atoms with Crippen LogP contribution in [0.2, 0.25) is 0 Å². The van der Waals surface area contributed by atoms with Gasteiger partial charge in [-0.15, -0.1) is 0 Å². The molecule has 1 aromatic heterocycles. The highest BCUT2D eigenvalue weighted by atomic mass is 16.2. The highest BCUT2D eigenvalue weighted by molar-refractivity contribution is 5.93. The molecule has 1 saturated carbocycles. The standard InChI is InChI=1S/C15H21N3O/c1-10-4-3-7-17-14(10)15(19)18-8-11-5-2-6-13(16)12(11)9-18/h3-4,7,11-13H,2,5-6,8-9,16H2,1H3. The zero-order valence-electron chi connectivity index (χ0n) is 11.4. The Bertz CT molecular complexity index is 488. The lowest BCUT2D eigenvalue weighted by molar-refractivity contribution is 0.0777. The summed E-state index contributed by atoms with van der Waals surface area (Å²) < 4.78 is 0. The van der Waals surface area contributed by atoms with Gasteiger partial charge in [0.15, 0.2) is 0 Å². The van der Waals surface area contributed by atoms with Crippen molar-refractivity contribution in [1.82, 2.24) is 9.88 Å². The van der Waals surface area contributed by atoms with Crippen LogP contribution in [0.25, 0.3) is 0 Å². The van der Waals surface area contributed by atoms with Crippen LogP contribution in [0.4, 0.5) is 0 Å². The van der Waals surface area contributed by atoms with E-state index in [1.165, 1.54) is 12.8 Å². The number of aryl methyl sites for hydroxylation is 1. The van der Waals surface area contributed by atoms with Crippen molar-refractivity contribution in [2.75, 3.05) is 13.1 Å². The van der Waals surface area contributed by atoms with Gasteiger partial charge in [-0.05, 0) is 43.2 Å². The number of amides is 1. The third-order valence-corrected chi connectivity index (χ3v) is 4.65. The summed E-state index contributed by atoms with van der Waals surface area (Å²) in [5.74, 6) is 1.15. The molecule has 1 aliphatic carbocycles. The molecule has 4 nitrogen and oxygen atoms in total. The number of likely N-dealkylation sites (tertiary alicyclic amines) is 1. The number of carbonyl (C=O) groups excluding carboxylic acids is 1. The summed E-state index contributed by atoms with van der Waals surface area (Å²) in [7, 11) is 0. The van der Waals surface area contributed by atoms with Crippen LogP contribution in [0.5, 0.6) is 0 Å². The maximum atomic E-state index is 12.5. The van der Waals surface area contributed by atoms with Crippen LogP contribution in [0, 0.1) is 18.8 Å². The number of hydrogen-bond donors (Lipinski definition) is 1. The van der Waals surface area contributed by atoms with Crippen LogP contribution in [0.15, 0.2) is 18.3 Å². The van der Waals surface area contributed by atoms with E-state index in [1.807, 2.05) is 24.0 Å². The minimum atomic E-state index is 0.0692. The smallest absolute Gasteiger partial charge is 0.272 e. The molecule has 0 bridgehead atoms. The molecule has 2 fully saturated rings. The first-order valence-electron chi connectivity index (χ1n) is 7.13. The maximum absolute atomic E-state index is 12.5. The SMILES string of the molecule is Cc1cccnc1C(=O)N1CC2CCCC(N)C2C1. The molecule has 19 heavy (non-hydrogen) atoms. The van der Waals surface area contributed by atoms with Gasteiger partial charge in [-0.1, -0.05) is 12.5 Å². The molecule has 2 aliphatic rings. The Hall–Kier alpha value is -1.42. The third-order valence-electron chi connectivity index (χ3n) is 4.65. The molecule has 1 aliphatic heterocycles. The Balaban J connectivity index is 1.78. The highest BCUT2D eigenvalue weighted by Crippen LogP contribution is 2.36. The molecule has 0 radical (unpaired) electrons. The molecule has 3 unspecified atom stereocenters. The first-order valence-corrected chi connectivity index (χ1v) is 7.13. The Labute approximate surface area is 114 Å². The molecule has 1 saturated heterocycles. The van der Waals surface area contributed by atoms with Crippen molar-refractivity contribution in [2.45, 2.75) is 32.2 Å². The Morgan fingerprint density at radius 3 is 3.00 bits per heavy atom. The Morgan fingerprint density at radius 1 is 1.42 bits per heavy atom. The molecule has 1 amide bonds. The number of pyridine rings is 1. The van der Waals surface area contributed by atoms with Gasteiger partial charge in [0.05, 0.1) is 0 Å². The number of fused-ring (bicyclic) bond motifs is 1. The maximum Gasteiger partial charge on any atom is 0.272 e. The van der Waals surface area contributed by atoms with Crippen LogP contribution in [-0.4, -0.2) is 34.9 Å². The summed E-state index contributed by atoms with van der Waals surface area (Å²) in [4.78, 5) is 18.7. The van der Waals surface area contributed by atoms with Crippen molar-refractivity contribution in [3.63, 3.8) is 0 Å². The summed E-state index contributed by atoms with van der Waals surface area (Å²) in [5, 5.41) is 0. The third kappa shape index (κ3) is 2.25. The Kier molecular flexibility index (Phi) is 3.27. The number of hydrogen-bond acceptors (Lipinski definition) is 3. The predicted octanol–water partition coefficient (Wildman–Crippen LogP) is 1.59. The molecule has 1 aromatic rings. The molecule has 0 spiro atoms. The largest absolute Gasteiger partial charge is 0.337 e. The molecular weight excluding hydrogens is 238 g/mol. The normalized spacial score (nSPS) is 30.2. The van der Waals surface area contributed by atoms with Gasteiger partial charge < -0.3 is 10.6 Å². The number of aromatic nitrogens is 1. The summed E-state index contributed by atoms with van der Waals surface area (Å²) in [6.45, 7) is 3.60. The topological polar surface area (TPSA) is 59.2 Å². The lowest BCUT2D eigenvalue weighted by Crippen LogP contribution is -2.38. The fourth-order valence-electron chi connectivity index (χ4n) is 3.54. The first kappa shape index (κ1) is 12.6. The zero-order chi connectivity index (χ0) is 13.4. The van der Waals surface area contributed by atoms with Gasteiger partial charge in [0.25, 0.3) is 5.91 Å². The minimum absolute atomic E-state index is 0.0692. The van der Waals surface area contributed by atoms with E-state index >= 15 is 0 Å². The van der Waals surface area contributed by atoms with Crippen molar-refractivity contribution < 1.29 is 4.79 Å². The summed E-state index contributed by atoms with van der Waals surface area (Å²) in [6, 6.07) is 4.07. The lowest BCUT2D eigenvalue weighted by atomic mass is 9.78. The van der Waals surface area contributed by atoms with Gasteiger partial charge >= 0.3 is 0 Å². The van der Waals surface area contributed by atoms with Crippen LogP contribution in [0.1, 0.15) is 35.3 Å². The van der Waals surface area contributed by atoms with E-state index in [4.69, 9.17) is 5.73 Å². The fraction of sp³-hybridized carbons (Fsp3) is 0.600. The number of rotatable bonds is 1. The molecular formula is C15H21N3O. The second-order valence-corrected chi connectivity index (χ2v) is 5.90. The number of nitrogens with two attached hydrogens (primary N) is 1. The van der Waals surface area contributed by atoms with E-state index in [0.29, 0.717) is 17.5 Å². The van der Waals surface area contributed by atoms with Crippen LogP contribution in [-0.2, 0) is 0 Å². The summed E-state index contributed by atoms with van der Waals surface area (Å²) >= 11 is 0. The van der Waals surface area contributed by atoms with Crippen molar-refractivity contribution >= 4 is 5.91 Å². The molecule has 3 atom stereocenters. The molecule has 4 heteroatoms. The van der Waals surface area contributed by atoms with E-state index < -0.39 is 0 Å². The monoisotopic (exact) mass is 259 g/mol. The van der Waals surface area contributed by atoms with Crippen LogP contribution in [0.3, 0.4) is 0 Å². The van der Waals surface area contributed by atoms with Gasteiger partial charge in [-0.2, -0.15) is 0 Å². The molecule has 3 rings (SSSR count). The molecule has 0 aromatic carbocycles. The number of nitrogens with zero attached hydrogens (tertiary/aromatic N) is 2. The van der Waals surface area contributed by atoms with Crippen LogP contribution < -0.4 is 5.73 Å². The first-order chi connectivity index (χ1) is 9.16. The lowest BCUT2D eigenvalue weighted by Gasteiger charge is -2.29. The zero-order valence-corrected chi connectivity index (χ0v) is 11.4.